The third-order valence-electron chi connectivity index (χ3n) is 5.19. The molecule has 4 rings (SSSR count). The van der Waals surface area contributed by atoms with Crippen molar-refractivity contribution >= 4 is 5.82 Å². The fraction of sp³-hybridized carbons (Fsp3) is 0.647. The van der Waals surface area contributed by atoms with E-state index < -0.39 is 0 Å². The van der Waals surface area contributed by atoms with E-state index in [9.17, 15) is 0 Å². The molecule has 0 aromatic carbocycles. The van der Waals surface area contributed by atoms with E-state index in [1.54, 1.807) is 13.4 Å². The predicted octanol–water partition coefficient (Wildman–Crippen LogP) is 1.76. The molecule has 0 bridgehead atoms. The average molecular weight is 328 g/mol. The van der Waals surface area contributed by atoms with Crippen molar-refractivity contribution in [1.29, 1.82) is 0 Å². The summed E-state index contributed by atoms with van der Waals surface area (Å²) >= 11 is 0. The first-order chi connectivity index (χ1) is 11.7. The number of hydrogen-bond donors (Lipinski definition) is 0. The number of anilines is 1. The van der Waals surface area contributed by atoms with Gasteiger partial charge in [-0.3, -0.25) is 0 Å². The third-order valence-corrected chi connectivity index (χ3v) is 5.19. The monoisotopic (exact) mass is 328 g/mol. The molecule has 1 saturated heterocycles. The molecule has 0 N–H and O–H groups in total. The molecule has 1 aliphatic carbocycles. The second-order valence-electron chi connectivity index (χ2n) is 6.79. The highest BCUT2D eigenvalue weighted by atomic mass is 16.5. The zero-order chi connectivity index (χ0) is 16.7. The molecule has 128 valence electrons. The molecule has 24 heavy (non-hydrogen) atoms. The standard InChI is InChI=1S/C17H24N6O/c1-11-19-14-7-5-4-6-13(14)16(20-11)23-9-12(24-3)8-15(23)17-21-18-10-22(17)2/h10,12,15H,4-9H2,1-3H3/t12-,15+/m1/s1. The first-order valence-electron chi connectivity index (χ1n) is 8.67. The van der Waals surface area contributed by atoms with Crippen molar-refractivity contribution < 1.29 is 4.74 Å². The molecule has 2 atom stereocenters. The van der Waals surface area contributed by atoms with Gasteiger partial charge in [0.1, 0.15) is 18.0 Å². The minimum atomic E-state index is 0.141. The van der Waals surface area contributed by atoms with Crippen LogP contribution in [0.1, 0.15) is 48.2 Å². The Bertz CT molecular complexity index is 743. The van der Waals surface area contributed by atoms with Gasteiger partial charge in [-0.05, 0) is 32.6 Å². The summed E-state index contributed by atoms with van der Waals surface area (Å²) in [6.07, 6.45) is 7.39. The Morgan fingerprint density at radius 1 is 1.21 bits per heavy atom. The zero-order valence-electron chi connectivity index (χ0n) is 14.6. The van der Waals surface area contributed by atoms with Gasteiger partial charge in [0.25, 0.3) is 0 Å². The van der Waals surface area contributed by atoms with Gasteiger partial charge in [-0.25, -0.2) is 9.97 Å². The molecule has 0 radical (unpaired) electrons. The Morgan fingerprint density at radius 3 is 2.79 bits per heavy atom. The lowest BCUT2D eigenvalue weighted by atomic mass is 9.96. The van der Waals surface area contributed by atoms with E-state index in [-0.39, 0.29) is 12.1 Å². The van der Waals surface area contributed by atoms with Gasteiger partial charge >= 0.3 is 0 Å². The topological polar surface area (TPSA) is 69.0 Å². The summed E-state index contributed by atoms with van der Waals surface area (Å²) in [6.45, 7) is 2.82. The second-order valence-corrected chi connectivity index (χ2v) is 6.79. The molecular weight excluding hydrogens is 304 g/mol. The van der Waals surface area contributed by atoms with Crippen molar-refractivity contribution in [2.45, 2.75) is 51.2 Å². The van der Waals surface area contributed by atoms with E-state index in [4.69, 9.17) is 9.72 Å². The van der Waals surface area contributed by atoms with Crippen molar-refractivity contribution in [2.24, 2.45) is 7.05 Å². The van der Waals surface area contributed by atoms with Crippen LogP contribution in [0.3, 0.4) is 0 Å². The first kappa shape index (κ1) is 15.5. The molecule has 1 fully saturated rings. The van der Waals surface area contributed by atoms with Crippen molar-refractivity contribution in [3.05, 3.63) is 29.2 Å². The number of hydrogen-bond acceptors (Lipinski definition) is 6. The van der Waals surface area contributed by atoms with E-state index in [0.717, 1.165) is 43.3 Å². The zero-order valence-corrected chi connectivity index (χ0v) is 14.6. The summed E-state index contributed by atoms with van der Waals surface area (Å²) in [7, 11) is 3.77. The molecule has 0 saturated carbocycles. The number of aryl methyl sites for hydroxylation is 3. The molecule has 0 unspecified atom stereocenters. The first-order valence-corrected chi connectivity index (χ1v) is 8.67. The molecule has 3 heterocycles. The fourth-order valence-electron chi connectivity index (χ4n) is 3.97. The largest absolute Gasteiger partial charge is 0.380 e. The Labute approximate surface area is 142 Å². The van der Waals surface area contributed by atoms with Crippen LogP contribution in [0.25, 0.3) is 0 Å². The molecular formula is C17H24N6O. The Hall–Kier alpha value is -2.02. The number of nitrogens with zero attached hydrogens (tertiary/aromatic N) is 6. The fourth-order valence-corrected chi connectivity index (χ4v) is 3.97. The maximum absolute atomic E-state index is 5.66. The lowest BCUT2D eigenvalue weighted by molar-refractivity contribution is 0.118. The molecule has 1 aliphatic heterocycles. The highest BCUT2D eigenvalue weighted by molar-refractivity contribution is 5.53. The van der Waals surface area contributed by atoms with Crippen LogP contribution >= 0.6 is 0 Å². The van der Waals surface area contributed by atoms with Gasteiger partial charge in [-0.2, -0.15) is 0 Å². The van der Waals surface area contributed by atoms with Gasteiger partial charge in [0.2, 0.25) is 0 Å². The van der Waals surface area contributed by atoms with Crippen LogP contribution in [0.2, 0.25) is 0 Å². The molecule has 2 aromatic heterocycles. The maximum atomic E-state index is 5.66. The van der Waals surface area contributed by atoms with Gasteiger partial charge in [0.05, 0.1) is 12.1 Å². The van der Waals surface area contributed by atoms with Gasteiger partial charge in [-0.15, -0.1) is 10.2 Å². The summed E-state index contributed by atoms with van der Waals surface area (Å²) in [6, 6.07) is 0.141. The SMILES string of the molecule is CO[C@@H]1C[C@@H](c2nncn2C)N(c2nc(C)nc3c2CCCC3)C1. The molecule has 2 aliphatic rings. The molecule has 0 spiro atoms. The second kappa shape index (κ2) is 6.12. The van der Waals surface area contributed by atoms with Crippen molar-refractivity contribution in [1.82, 2.24) is 24.7 Å². The number of rotatable bonds is 3. The number of aromatic nitrogens is 5. The van der Waals surface area contributed by atoms with Gasteiger partial charge in [0, 0.05) is 38.4 Å². The molecule has 2 aromatic rings. The quantitative estimate of drug-likeness (QED) is 0.855. The Morgan fingerprint density at radius 2 is 2.04 bits per heavy atom. The summed E-state index contributed by atoms with van der Waals surface area (Å²) in [5.74, 6) is 2.89. The van der Waals surface area contributed by atoms with Crippen LogP contribution in [0.5, 0.6) is 0 Å². The highest BCUT2D eigenvalue weighted by Crippen LogP contribution is 2.39. The van der Waals surface area contributed by atoms with Crippen LogP contribution in [-0.4, -0.2) is 44.5 Å². The minimum absolute atomic E-state index is 0.141. The van der Waals surface area contributed by atoms with E-state index in [1.807, 2.05) is 18.5 Å². The van der Waals surface area contributed by atoms with E-state index in [1.165, 1.54) is 24.1 Å². The predicted molar refractivity (Wildman–Crippen MR) is 89.9 cm³/mol. The Balaban J connectivity index is 1.79. The van der Waals surface area contributed by atoms with E-state index in [2.05, 4.69) is 20.1 Å². The van der Waals surface area contributed by atoms with Crippen molar-refractivity contribution in [3.63, 3.8) is 0 Å². The van der Waals surface area contributed by atoms with Crippen LogP contribution in [-0.2, 0) is 24.6 Å². The van der Waals surface area contributed by atoms with Crippen LogP contribution in [0, 0.1) is 6.92 Å². The Kier molecular flexibility index (Phi) is 3.96. The van der Waals surface area contributed by atoms with E-state index in [0.29, 0.717) is 0 Å². The van der Waals surface area contributed by atoms with Crippen LogP contribution in [0.15, 0.2) is 6.33 Å². The molecule has 7 heteroatoms. The number of fused-ring (bicyclic) bond motifs is 1. The smallest absolute Gasteiger partial charge is 0.155 e. The van der Waals surface area contributed by atoms with Crippen LogP contribution < -0.4 is 4.90 Å². The lowest BCUT2D eigenvalue weighted by Crippen LogP contribution is -2.29. The highest BCUT2D eigenvalue weighted by Gasteiger charge is 2.38. The third kappa shape index (κ3) is 2.56. The lowest BCUT2D eigenvalue weighted by Gasteiger charge is -2.29. The van der Waals surface area contributed by atoms with Crippen LogP contribution in [0.4, 0.5) is 5.82 Å². The molecule has 7 nitrogen and oxygen atoms in total. The minimum Gasteiger partial charge on any atom is -0.380 e. The number of ether oxygens (including phenoxy) is 1. The summed E-state index contributed by atoms with van der Waals surface area (Å²) in [5.41, 5.74) is 2.54. The van der Waals surface area contributed by atoms with Gasteiger partial charge in [-0.1, -0.05) is 0 Å². The van der Waals surface area contributed by atoms with Crippen molar-refractivity contribution in [3.8, 4) is 0 Å². The van der Waals surface area contributed by atoms with Crippen molar-refractivity contribution in [2.75, 3.05) is 18.6 Å². The normalized spacial score (nSPS) is 23.5. The maximum Gasteiger partial charge on any atom is 0.155 e. The summed E-state index contributed by atoms with van der Waals surface area (Å²) in [5, 5.41) is 8.41. The summed E-state index contributed by atoms with van der Waals surface area (Å²) < 4.78 is 7.66. The average Bonchev–Trinajstić information content (AvgIpc) is 3.19. The van der Waals surface area contributed by atoms with Gasteiger partial charge < -0.3 is 14.2 Å². The molecule has 0 amide bonds. The van der Waals surface area contributed by atoms with E-state index >= 15 is 0 Å². The number of methoxy groups -OCH3 is 1. The van der Waals surface area contributed by atoms with Gasteiger partial charge in [0.15, 0.2) is 5.82 Å². The summed E-state index contributed by atoms with van der Waals surface area (Å²) in [4.78, 5) is 11.9.